The lowest BCUT2D eigenvalue weighted by molar-refractivity contribution is 0.821. The molecule has 0 nitrogen and oxygen atoms in total. The molecule has 1 aliphatic rings. The lowest BCUT2D eigenvalue weighted by Gasteiger charge is -2.12. The summed E-state index contributed by atoms with van der Waals surface area (Å²) in [5.41, 5.74) is 5.52. The molecule has 0 saturated heterocycles. The van der Waals surface area contributed by atoms with E-state index in [4.69, 9.17) is 0 Å². The van der Waals surface area contributed by atoms with Crippen LogP contribution < -0.4 is 0 Å². The Labute approximate surface area is 123 Å². The summed E-state index contributed by atoms with van der Waals surface area (Å²) in [6.45, 7) is 6.63. The third-order valence-corrected chi connectivity index (χ3v) is 3.56. The molecule has 0 heterocycles. The molecule has 0 unspecified atom stereocenters. The van der Waals surface area contributed by atoms with Crippen LogP contribution in [0.3, 0.4) is 0 Å². The Balaban J connectivity index is 2.25. The van der Waals surface area contributed by atoms with Gasteiger partial charge in [0.05, 0.1) is 0 Å². The number of fused-ring (bicyclic) bond motifs is 1. The van der Waals surface area contributed by atoms with E-state index in [1.54, 1.807) is 0 Å². The number of allylic oxidation sites excluding steroid dienone is 6. The van der Waals surface area contributed by atoms with E-state index in [0.717, 1.165) is 12.8 Å². The second-order valence-corrected chi connectivity index (χ2v) is 5.68. The van der Waals surface area contributed by atoms with Gasteiger partial charge in [-0.05, 0) is 47.9 Å². The Hall–Kier alpha value is -1.82. The quantitative estimate of drug-likeness (QED) is 0.609. The van der Waals surface area contributed by atoms with E-state index >= 15 is 0 Å². The van der Waals surface area contributed by atoms with E-state index in [0.29, 0.717) is 5.92 Å². The summed E-state index contributed by atoms with van der Waals surface area (Å²) in [7, 11) is 0. The third kappa shape index (κ3) is 3.84. The molecule has 1 aromatic rings. The average Bonchev–Trinajstić information content (AvgIpc) is 2.37. The number of benzene rings is 1. The largest absolute Gasteiger partial charge is 0.0880 e. The minimum atomic E-state index is 0.640. The van der Waals surface area contributed by atoms with Crippen molar-refractivity contribution in [2.24, 2.45) is 5.92 Å². The van der Waals surface area contributed by atoms with Gasteiger partial charge in [-0.2, -0.15) is 0 Å². The third-order valence-electron chi connectivity index (χ3n) is 3.56. The molecule has 0 atom stereocenters. The fraction of sp³-hybridized carbons (Fsp3) is 0.300. The number of hydrogen-bond donors (Lipinski definition) is 0. The lowest BCUT2D eigenvalue weighted by Crippen LogP contribution is -1.95. The van der Waals surface area contributed by atoms with Crippen LogP contribution in [-0.2, 0) is 6.42 Å². The first-order chi connectivity index (χ1) is 9.68. The maximum Gasteiger partial charge on any atom is -0.0149 e. The van der Waals surface area contributed by atoms with Gasteiger partial charge in [0, 0.05) is 0 Å². The van der Waals surface area contributed by atoms with E-state index in [1.165, 1.54) is 22.3 Å². The average molecular weight is 264 g/mol. The standard InChI is InChI=1S/C20H24/c1-16(2)10-8-9-11-18-15-14-17(3)19-12-6-4-5-7-13-20(18)19/h4-8,10,12-16H,9,11H2,1-3H3/b5-4+,6-4?,7-5?,10-8+,12-6+,13-7-,19-12?,20-13?. The summed E-state index contributed by atoms with van der Waals surface area (Å²) >= 11 is 0. The zero-order chi connectivity index (χ0) is 14.4. The Morgan fingerprint density at radius 2 is 1.65 bits per heavy atom. The maximum absolute atomic E-state index is 2.30. The van der Waals surface area contributed by atoms with Gasteiger partial charge >= 0.3 is 0 Å². The molecule has 0 saturated carbocycles. The van der Waals surface area contributed by atoms with Crippen molar-refractivity contribution in [3.05, 3.63) is 70.8 Å². The van der Waals surface area contributed by atoms with Gasteiger partial charge in [-0.3, -0.25) is 0 Å². The first-order valence-electron chi connectivity index (χ1n) is 7.49. The SMILES string of the molecule is Cc1ccc(CC/C=C/C(C)C)c2c1/C=C/C=C/C=C\2. The molecule has 1 aromatic carbocycles. The van der Waals surface area contributed by atoms with Gasteiger partial charge in [-0.1, -0.05) is 74.6 Å². The van der Waals surface area contributed by atoms with Crippen LogP contribution in [0.2, 0.25) is 0 Å². The summed E-state index contributed by atoms with van der Waals surface area (Å²) in [5, 5.41) is 0. The van der Waals surface area contributed by atoms with E-state index < -0.39 is 0 Å². The molecule has 104 valence electrons. The highest BCUT2D eigenvalue weighted by Gasteiger charge is 2.07. The highest BCUT2D eigenvalue weighted by Crippen LogP contribution is 2.24. The highest BCUT2D eigenvalue weighted by molar-refractivity contribution is 5.72. The minimum Gasteiger partial charge on any atom is -0.0880 e. The molecule has 0 aliphatic heterocycles. The Kier molecular flexibility index (Phi) is 5.17. The van der Waals surface area contributed by atoms with Crippen LogP contribution in [-0.4, -0.2) is 0 Å². The van der Waals surface area contributed by atoms with Crippen molar-refractivity contribution in [3.8, 4) is 0 Å². The van der Waals surface area contributed by atoms with Crippen molar-refractivity contribution in [1.82, 2.24) is 0 Å². The van der Waals surface area contributed by atoms with Crippen molar-refractivity contribution in [2.45, 2.75) is 33.6 Å². The zero-order valence-corrected chi connectivity index (χ0v) is 12.8. The van der Waals surface area contributed by atoms with Crippen LogP contribution in [0.5, 0.6) is 0 Å². The van der Waals surface area contributed by atoms with Crippen molar-refractivity contribution in [1.29, 1.82) is 0 Å². The molecule has 0 N–H and O–H groups in total. The van der Waals surface area contributed by atoms with Crippen molar-refractivity contribution in [2.75, 3.05) is 0 Å². The minimum absolute atomic E-state index is 0.640. The van der Waals surface area contributed by atoms with E-state index in [9.17, 15) is 0 Å². The summed E-state index contributed by atoms with van der Waals surface area (Å²) in [6, 6.07) is 4.52. The van der Waals surface area contributed by atoms with Crippen molar-refractivity contribution >= 4 is 12.2 Å². The van der Waals surface area contributed by atoms with Crippen LogP contribution in [0.1, 0.15) is 42.5 Å². The van der Waals surface area contributed by atoms with Gasteiger partial charge in [-0.15, -0.1) is 0 Å². The molecule has 0 bridgehead atoms. The van der Waals surface area contributed by atoms with Crippen LogP contribution in [0, 0.1) is 12.8 Å². The van der Waals surface area contributed by atoms with Crippen LogP contribution in [0.25, 0.3) is 12.2 Å². The van der Waals surface area contributed by atoms with Crippen molar-refractivity contribution in [3.63, 3.8) is 0 Å². The predicted molar refractivity (Wildman–Crippen MR) is 90.7 cm³/mol. The molecular weight excluding hydrogens is 240 g/mol. The Morgan fingerprint density at radius 3 is 2.35 bits per heavy atom. The van der Waals surface area contributed by atoms with Gasteiger partial charge in [-0.25, -0.2) is 0 Å². The van der Waals surface area contributed by atoms with Gasteiger partial charge in [0.25, 0.3) is 0 Å². The first kappa shape index (κ1) is 14.6. The Morgan fingerprint density at radius 1 is 0.950 bits per heavy atom. The zero-order valence-electron chi connectivity index (χ0n) is 12.8. The topological polar surface area (TPSA) is 0 Å². The van der Waals surface area contributed by atoms with Gasteiger partial charge in [0.15, 0.2) is 0 Å². The van der Waals surface area contributed by atoms with Gasteiger partial charge in [0.1, 0.15) is 0 Å². The van der Waals surface area contributed by atoms with Crippen molar-refractivity contribution < 1.29 is 0 Å². The maximum atomic E-state index is 2.30. The predicted octanol–water partition coefficient (Wildman–Crippen LogP) is 5.74. The van der Waals surface area contributed by atoms with E-state index in [1.807, 2.05) is 0 Å². The molecule has 20 heavy (non-hydrogen) atoms. The molecule has 0 aromatic heterocycles. The molecule has 0 fully saturated rings. The monoisotopic (exact) mass is 264 g/mol. The molecule has 0 amide bonds. The van der Waals surface area contributed by atoms with Gasteiger partial charge in [0.2, 0.25) is 0 Å². The molecule has 1 aliphatic carbocycles. The van der Waals surface area contributed by atoms with Crippen LogP contribution >= 0.6 is 0 Å². The van der Waals surface area contributed by atoms with E-state index in [2.05, 4.69) is 81.5 Å². The smallest absolute Gasteiger partial charge is 0.0149 e. The Bertz CT molecular complexity index is 566. The van der Waals surface area contributed by atoms with E-state index in [-0.39, 0.29) is 0 Å². The summed E-state index contributed by atoms with van der Waals surface area (Å²) in [4.78, 5) is 0. The number of hydrogen-bond acceptors (Lipinski definition) is 0. The highest BCUT2D eigenvalue weighted by atomic mass is 14.1. The second-order valence-electron chi connectivity index (χ2n) is 5.68. The molecular formula is C20H24. The number of aryl methyl sites for hydroxylation is 2. The molecule has 2 rings (SSSR count). The normalized spacial score (nSPS) is 18.6. The molecule has 0 spiro atoms. The molecule has 0 radical (unpaired) electrons. The summed E-state index contributed by atoms with van der Waals surface area (Å²) in [5.74, 6) is 0.640. The van der Waals surface area contributed by atoms with Gasteiger partial charge < -0.3 is 0 Å². The second kappa shape index (κ2) is 7.09. The van der Waals surface area contributed by atoms with Crippen LogP contribution in [0.15, 0.2) is 48.6 Å². The summed E-state index contributed by atoms with van der Waals surface area (Å²) < 4.78 is 0. The fourth-order valence-corrected chi connectivity index (χ4v) is 2.47. The fourth-order valence-electron chi connectivity index (χ4n) is 2.47. The number of rotatable bonds is 4. The van der Waals surface area contributed by atoms with Crippen LogP contribution in [0.4, 0.5) is 0 Å². The first-order valence-corrected chi connectivity index (χ1v) is 7.49. The lowest BCUT2D eigenvalue weighted by atomic mass is 9.92. The summed E-state index contributed by atoms with van der Waals surface area (Å²) in [6.07, 6.45) is 19.7. The molecule has 0 heteroatoms.